The molecule has 3 aromatic rings. The molecule has 5 nitrogen and oxygen atoms in total. The minimum absolute atomic E-state index is 0.0498. The Morgan fingerprint density at radius 3 is 2.31 bits per heavy atom. The molecule has 0 radical (unpaired) electrons. The summed E-state index contributed by atoms with van der Waals surface area (Å²) in [6, 6.07) is 17.8. The minimum atomic E-state index is -3.97. The van der Waals surface area contributed by atoms with Crippen molar-refractivity contribution in [2.24, 2.45) is 0 Å². The lowest BCUT2D eigenvalue weighted by atomic mass is 10.1. The maximum absolute atomic E-state index is 12.9. The first-order chi connectivity index (χ1) is 15.2. The Kier molecular flexibility index (Phi) is 7.87. The van der Waals surface area contributed by atoms with Gasteiger partial charge in [-0.2, -0.15) is 0 Å². The standard InChI is InChI=1S/C24H25ClN2O3S2/c1-16-4-8-20(9-5-16)31-13-12-26-24(28)19-7-10-21(25)23(15-19)32(29,30)27-22-11-6-17(2)14-18(22)3/h4-11,14-15,27H,12-13H2,1-3H3,(H,26,28). The summed E-state index contributed by atoms with van der Waals surface area (Å²) in [5.41, 5.74) is 3.72. The largest absolute Gasteiger partial charge is 0.351 e. The van der Waals surface area contributed by atoms with Crippen LogP contribution in [-0.2, 0) is 10.0 Å². The second-order valence-electron chi connectivity index (χ2n) is 7.49. The molecule has 0 atom stereocenters. The van der Waals surface area contributed by atoms with Crippen molar-refractivity contribution in [3.63, 3.8) is 0 Å². The molecule has 0 aromatic heterocycles. The third-order valence-electron chi connectivity index (χ3n) is 4.79. The van der Waals surface area contributed by atoms with Gasteiger partial charge in [0.25, 0.3) is 15.9 Å². The van der Waals surface area contributed by atoms with Gasteiger partial charge in [-0.3, -0.25) is 9.52 Å². The molecule has 0 aliphatic rings. The topological polar surface area (TPSA) is 75.3 Å². The van der Waals surface area contributed by atoms with E-state index in [9.17, 15) is 13.2 Å². The van der Waals surface area contributed by atoms with Crippen molar-refractivity contribution in [1.82, 2.24) is 5.32 Å². The molecular weight excluding hydrogens is 464 g/mol. The number of aryl methyl sites for hydroxylation is 3. The van der Waals surface area contributed by atoms with E-state index in [1.807, 2.05) is 57.2 Å². The molecule has 2 N–H and O–H groups in total. The number of carbonyl (C=O) groups is 1. The van der Waals surface area contributed by atoms with Crippen LogP contribution in [0.4, 0.5) is 5.69 Å². The summed E-state index contributed by atoms with van der Waals surface area (Å²) in [6.07, 6.45) is 0. The highest BCUT2D eigenvalue weighted by molar-refractivity contribution is 7.99. The van der Waals surface area contributed by atoms with E-state index in [0.717, 1.165) is 16.0 Å². The molecule has 0 spiro atoms. The van der Waals surface area contributed by atoms with Crippen LogP contribution in [0.25, 0.3) is 0 Å². The van der Waals surface area contributed by atoms with Gasteiger partial charge in [-0.25, -0.2) is 8.42 Å². The number of thioether (sulfide) groups is 1. The molecule has 0 unspecified atom stereocenters. The Bertz CT molecular complexity index is 1230. The van der Waals surface area contributed by atoms with Gasteiger partial charge in [-0.05, 0) is 62.7 Å². The van der Waals surface area contributed by atoms with Gasteiger partial charge < -0.3 is 5.32 Å². The third kappa shape index (κ3) is 6.28. The Labute approximate surface area is 198 Å². The van der Waals surface area contributed by atoms with Gasteiger partial charge in [0.1, 0.15) is 4.90 Å². The molecule has 0 aliphatic carbocycles. The summed E-state index contributed by atoms with van der Waals surface area (Å²) < 4.78 is 28.5. The number of amides is 1. The number of halogens is 1. The molecule has 8 heteroatoms. The second kappa shape index (κ2) is 10.4. The number of carbonyl (C=O) groups excluding carboxylic acids is 1. The SMILES string of the molecule is Cc1ccc(SCCNC(=O)c2ccc(Cl)c(S(=O)(=O)Nc3ccc(C)cc3C)c2)cc1. The zero-order valence-electron chi connectivity index (χ0n) is 18.1. The van der Waals surface area contributed by atoms with Crippen molar-refractivity contribution in [3.05, 3.63) is 87.9 Å². The normalized spacial score (nSPS) is 11.2. The van der Waals surface area contributed by atoms with Crippen LogP contribution in [0.3, 0.4) is 0 Å². The third-order valence-corrected chi connectivity index (χ3v) is 7.65. The lowest BCUT2D eigenvalue weighted by molar-refractivity contribution is 0.0956. The lowest BCUT2D eigenvalue weighted by Gasteiger charge is -2.13. The maximum atomic E-state index is 12.9. The first kappa shape index (κ1) is 24.2. The molecule has 32 heavy (non-hydrogen) atoms. The van der Waals surface area contributed by atoms with E-state index in [1.54, 1.807) is 17.8 Å². The van der Waals surface area contributed by atoms with Gasteiger partial charge in [0.15, 0.2) is 0 Å². The second-order valence-corrected chi connectivity index (χ2v) is 10.7. The quantitative estimate of drug-likeness (QED) is 0.320. The molecule has 3 rings (SSSR count). The van der Waals surface area contributed by atoms with Gasteiger partial charge in [0, 0.05) is 22.8 Å². The zero-order valence-corrected chi connectivity index (χ0v) is 20.5. The average molecular weight is 489 g/mol. The molecule has 1 amide bonds. The molecule has 0 fully saturated rings. The van der Waals surface area contributed by atoms with Crippen molar-refractivity contribution in [2.45, 2.75) is 30.6 Å². The molecule has 168 valence electrons. The summed E-state index contributed by atoms with van der Waals surface area (Å²) >= 11 is 7.81. The smallest absolute Gasteiger partial charge is 0.263 e. The van der Waals surface area contributed by atoms with Gasteiger partial charge >= 0.3 is 0 Å². The van der Waals surface area contributed by atoms with Crippen molar-refractivity contribution in [1.29, 1.82) is 0 Å². The van der Waals surface area contributed by atoms with E-state index in [1.165, 1.54) is 23.8 Å². The summed E-state index contributed by atoms with van der Waals surface area (Å²) in [7, 11) is -3.97. The number of nitrogens with one attached hydrogen (secondary N) is 2. The van der Waals surface area contributed by atoms with E-state index in [4.69, 9.17) is 11.6 Å². The van der Waals surface area contributed by atoms with Crippen LogP contribution in [0.5, 0.6) is 0 Å². The Morgan fingerprint density at radius 1 is 0.938 bits per heavy atom. The molecule has 0 heterocycles. The summed E-state index contributed by atoms with van der Waals surface area (Å²) in [5.74, 6) is 0.344. The van der Waals surface area contributed by atoms with Crippen molar-refractivity contribution >= 4 is 45.0 Å². The summed E-state index contributed by atoms with van der Waals surface area (Å²) in [4.78, 5) is 13.6. The molecule has 0 saturated carbocycles. The Hall–Kier alpha value is -2.48. The van der Waals surface area contributed by atoms with Crippen LogP contribution in [0.2, 0.25) is 5.02 Å². The number of hydrogen-bond acceptors (Lipinski definition) is 4. The zero-order chi connectivity index (χ0) is 23.3. The molecule has 0 aliphatic heterocycles. The summed E-state index contributed by atoms with van der Waals surface area (Å²) in [5, 5.41) is 2.88. The predicted octanol–water partition coefficient (Wildman–Crippen LogP) is 5.59. The van der Waals surface area contributed by atoms with Crippen LogP contribution in [0.15, 0.2) is 70.5 Å². The number of anilines is 1. The van der Waals surface area contributed by atoms with Crippen LogP contribution >= 0.6 is 23.4 Å². The number of rotatable bonds is 8. The number of benzene rings is 3. The van der Waals surface area contributed by atoms with Crippen LogP contribution < -0.4 is 10.0 Å². The molecule has 0 saturated heterocycles. The average Bonchev–Trinajstić information content (AvgIpc) is 2.74. The predicted molar refractivity (Wildman–Crippen MR) is 132 cm³/mol. The minimum Gasteiger partial charge on any atom is -0.351 e. The first-order valence-corrected chi connectivity index (χ1v) is 12.9. The van der Waals surface area contributed by atoms with E-state index in [0.29, 0.717) is 18.0 Å². The molecule has 3 aromatic carbocycles. The van der Waals surface area contributed by atoms with E-state index in [-0.39, 0.29) is 21.4 Å². The summed E-state index contributed by atoms with van der Waals surface area (Å²) in [6.45, 7) is 6.24. The lowest BCUT2D eigenvalue weighted by Crippen LogP contribution is -2.26. The van der Waals surface area contributed by atoms with E-state index in [2.05, 4.69) is 10.0 Å². The fourth-order valence-electron chi connectivity index (χ4n) is 3.05. The number of hydrogen-bond donors (Lipinski definition) is 2. The highest BCUT2D eigenvalue weighted by atomic mass is 35.5. The van der Waals surface area contributed by atoms with Gasteiger partial charge in [-0.1, -0.05) is 47.0 Å². The highest BCUT2D eigenvalue weighted by Gasteiger charge is 2.21. The van der Waals surface area contributed by atoms with Gasteiger partial charge in [0.2, 0.25) is 0 Å². The van der Waals surface area contributed by atoms with Crippen LogP contribution in [-0.4, -0.2) is 26.6 Å². The first-order valence-electron chi connectivity index (χ1n) is 10.0. The maximum Gasteiger partial charge on any atom is 0.263 e. The number of sulfonamides is 1. The fraction of sp³-hybridized carbons (Fsp3) is 0.208. The Morgan fingerprint density at radius 2 is 1.62 bits per heavy atom. The fourth-order valence-corrected chi connectivity index (χ4v) is 5.47. The van der Waals surface area contributed by atoms with Gasteiger partial charge in [0.05, 0.1) is 10.7 Å². The molecule has 0 bridgehead atoms. The highest BCUT2D eigenvalue weighted by Crippen LogP contribution is 2.27. The van der Waals surface area contributed by atoms with E-state index < -0.39 is 10.0 Å². The van der Waals surface area contributed by atoms with Crippen molar-refractivity contribution in [2.75, 3.05) is 17.0 Å². The van der Waals surface area contributed by atoms with Gasteiger partial charge in [-0.15, -0.1) is 11.8 Å². The van der Waals surface area contributed by atoms with Crippen LogP contribution in [0.1, 0.15) is 27.0 Å². The van der Waals surface area contributed by atoms with E-state index >= 15 is 0 Å². The Balaban J connectivity index is 1.67. The van der Waals surface area contributed by atoms with Crippen molar-refractivity contribution in [3.8, 4) is 0 Å². The monoisotopic (exact) mass is 488 g/mol. The van der Waals surface area contributed by atoms with Crippen LogP contribution in [0, 0.1) is 20.8 Å². The molecular formula is C24H25ClN2O3S2. The van der Waals surface area contributed by atoms with Crippen molar-refractivity contribution < 1.29 is 13.2 Å².